The first-order valence-corrected chi connectivity index (χ1v) is 11.0. The second-order valence-electron chi connectivity index (χ2n) is 8.41. The molecule has 0 saturated carbocycles. The molecule has 1 aromatic heterocycles. The first-order valence-electron chi connectivity index (χ1n) is 11.0. The topological polar surface area (TPSA) is 122 Å². The number of nitrogens with zero attached hydrogens (tertiary/aromatic N) is 3. The van der Waals surface area contributed by atoms with E-state index >= 15 is 0 Å². The van der Waals surface area contributed by atoms with E-state index in [2.05, 4.69) is 15.7 Å². The van der Waals surface area contributed by atoms with Gasteiger partial charge in [-0.1, -0.05) is 18.2 Å². The van der Waals surface area contributed by atoms with Crippen LogP contribution in [0.5, 0.6) is 0 Å². The highest BCUT2D eigenvalue weighted by Crippen LogP contribution is 2.34. The number of alkyl halides is 3. The van der Waals surface area contributed by atoms with Gasteiger partial charge in [-0.25, -0.2) is 4.68 Å². The first kappa shape index (κ1) is 23.7. The molecular weight excluding hydrogens is 453 g/mol. The normalized spacial score (nSPS) is 22.5. The predicted molar refractivity (Wildman–Crippen MR) is 115 cm³/mol. The van der Waals surface area contributed by atoms with Crippen molar-refractivity contribution in [2.45, 2.75) is 50.0 Å². The third kappa shape index (κ3) is 4.63. The quantitative estimate of drug-likeness (QED) is 0.517. The molecule has 2 aliphatic rings. The molecule has 3 atom stereocenters. The van der Waals surface area contributed by atoms with Crippen LogP contribution >= 0.6 is 0 Å². The minimum absolute atomic E-state index is 0.0459. The summed E-state index contributed by atoms with van der Waals surface area (Å²) in [5.74, 6) is -1.56. The number of amides is 3. The molecule has 4 rings (SSSR count). The molecule has 0 aliphatic carbocycles. The number of benzene rings is 1. The third-order valence-corrected chi connectivity index (χ3v) is 6.07. The Labute approximate surface area is 193 Å². The molecule has 0 unspecified atom stereocenters. The van der Waals surface area contributed by atoms with Crippen LogP contribution in [0.3, 0.4) is 0 Å². The second-order valence-corrected chi connectivity index (χ2v) is 8.41. The maximum atomic E-state index is 13.9. The molecular formula is C22H25F3N6O3. The monoisotopic (exact) mass is 478 g/mol. The zero-order valence-corrected chi connectivity index (χ0v) is 18.2. The van der Waals surface area contributed by atoms with E-state index in [1.807, 2.05) is 0 Å². The number of unbranched alkanes of at least 4 members (excludes halogenated alkanes) is 1. The number of carbonyl (C=O) groups excluding carboxylic acids is 3. The fraction of sp³-hybridized carbons (Fsp3) is 0.455. The average molecular weight is 478 g/mol. The average Bonchev–Trinajstić information content (AvgIpc) is 3.43. The number of nitrogens with two attached hydrogens (primary N) is 1. The fourth-order valence-corrected chi connectivity index (χ4v) is 4.47. The van der Waals surface area contributed by atoms with Gasteiger partial charge in [0.25, 0.3) is 5.91 Å². The highest BCUT2D eigenvalue weighted by Gasteiger charge is 2.47. The number of para-hydroxylation sites is 1. The Morgan fingerprint density at radius 2 is 1.94 bits per heavy atom. The standard InChI is InChI=1S/C22H25F3N6O3/c23-22(24,25)18-15(11-27-31(18)14-6-2-1-3-7-14)19(32)28-13-10-17-20(33)29-16(8-4-5-9-26)21(34)30(17)12-13/h1-3,6-7,11,13,16-17H,4-5,8-10,12,26H2,(H,28,32)(H,29,33)/t13-,16-,17-/m0/s1. The molecule has 4 N–H and O–H groups in total. The highest BCUT2D eigenvalue weighted by molar-refractivity contribution is 5.98. The van der Waals surface area contributed by atoms with E-state index < -0.39 is 41.5 Å². The molecule has 0 spiro atoms. The van der Waals surface area contributed by atoms with Crippen molar-refractivity contribution in [1.82, 2.24) is 25.3 Å². The number of halogens is 3. The van der Waals surface area contributed by atoms with Crippen LogP contribution in [0.2, 0.25) is 0 Å². The summed E-state index contributed by atoms with van der Waals surface area (Å²) in [4.78, 5) is 39.5. The number of hydrogen-bond acceptors (Lipinski definition) is 5. The van der Waals surface area contributed by atoms with Crippen LogP contribution < -0.4 is 16.4 Å². The summed E-state index contributed by atoms with van der Waals surface area (Å²) >= 11 is 0. The number of fused-ring (bicyclic) bond motifs is 1. The van der Waals surface area contributed by atoms with Gasteiger partial charge in [-0.3, -0.25) is 14.4 Å². The van der Waals surface area contributed by atoms with Crippen LogP contribution in [0.4, 0.5) is 13.2 Å². The maximum Gasteiger partial charge on any atom is 0.434 e. The molecule has 34 heavy (non-hydrogen) atoms. The SMILES string of the molecule is NCCCC[C@@H]1NC(=O)[C@@H]2C[C@H](NC(=O)c3cnn(-c4ccccc4)c3C(F)(F)F)CN2C1=O. The lowest BCUT2D eigenvalue weighted by atomic mass is 10.0. The van der Waals surface area contributed by atoms with Crippen molar-refractivity contribution in [3.63, 3.8) is 0 Å². The van der Waals surface area contributed by atoms with E-state index in [9.17, 15) is 27.6 Å². The minimum Gasteiger partial charge on any atom is -0.347 e. The lowest BCUT2D eigenvalue weighted by molar-refractivity contribution is -0.147. The van der Waals surface area contributed by atoms with E-state index in [1.165, 1.54) is 17.0 Å². The highest BCUT2D eigenvalue weighted by atomic mass is 19.4. The Balaban J connectivity index is 1.50. The lowest BCUT2D eigenvalue weighted by Crippen LogP contribution is -2.61. The Morgan fingerprint density at radius 1 is 1.21 bits per heavy atom. The summed E-state index contributed by atoms with van der Waals surface area (Å²) < 4.78 is 42.3. The van der Waals surface area contributed by atoms with Crippen LogP contribution in [0.25, 0.3) is 5.69 Å². The van der Waals surface area contributed by atoms with E-state index in [1.54, 1.807) is 18.2 Å². The van der Waals surface area contributed by atoms with Gasteiger partial charge in [0, 0.05) is 12.6 Å². The van der Waals surface area contributed by atoms with E-state index in [4.69, 9.17) is 5.73 Å². The van der Waals surface area contributed by atoms with Crippen molar-refractivity contribution in [2.75, 3.05) is 13.1 Å². The van der Waals surface area contributed by atoms with Gasteiger partial charge in [0.2, 0.25) is 11.8 Å². The summed E-state index contributed by atoms with van der Waals surface area (Å²) in [5.41, 5.74) is 3.82. The second kappa shape index (κ2) is 9.45. The summed E-state index contributed by atoms with van der Waals surface area (Å²) in [6, 6.07) is 5.59. The van der Waals surface area contributed by atoms with E-state index in [0.29, 0.717) is 24.1 Å². The van der Waals surface area contributed by atoms with Gasteiger partial charge < -0.3 is 21.3 Å². The molecule has 9 nitrogen and oxygen atoms in total. The molecule has 0 bridgehead atoms. The number of aromatic nitrogens is 2. The van der Waals surface area contributed by atoms with Crippen LogP contribution in [-0.2, 0) is 15.8 Å². The minimum atomic E-state index is -4.83. The number of nitrogens with one attached hydrogen (secondary N) is 2. The van der Waals surface area contributed by atoms with Crippen molar-refractivity contribution in [1.29, 1.82) is 0 Å². The smallest absolute Gasteiger partial charge is 0.347 e. The Hall–Kier alpha value is -3.41. The molecule has 182 valence electrons. The number of carbonyl (C=O) groups is 3. The molecule has 2 fully saturated rings. The van der Waals surface area contributed by atoms with Crippen molar-refractivity contribution in [3.05, 3.63) is 47.8 Å². The largest absolute Gasteiger partial charge is 0.434 e. The Bertz CT molecular complexity index is 1070. The van der Waals surface area contributed by atoms with Crippen LogP contribution in [0.15, 0.2) is 36.5 Å². The number of piperazine rings is 1. The molecule has 0 radical (unpaired) electrons. The van der Waals surface area contributed by atoms with Gasteiger partial charge in [-0.05, 0) is 44.4 Å². The number of hydrogen-bond donors (Lipinski definition) is 3. The summed E-state index contributed by atoms with van der Waals surface area (Å²) in [6.07, 6.45) is -1.99. The van der Waals surface area contributed by atoms with Gasteiger partial charge in [0.15, 0.2) is 5.69 Å². The van der Waals surface area contributed by atoms with Gasteiger partial charge in [-0.2, -0.15) is 18.3 Å². The van der Waals surface area contributed by atoms with Crippen molar-refractivity contribution in [2.24, 2.45) is 5.73 Å². The van der Waals surface area contributed by atoms with Gasteiger partial charge in [0.1, 0.15) is 12.1 Å². The van der Waals surface area contributed by atoms with Crippen LogP contribution in [-0.4, -0.2) is 63.6 Å². The maximum absolute atomic E-state index is 13.9. The van der Waals surface area contributed by atoms with E-state index in [-0.39, 0.29) is 30.5 Å². The number of rotatable bonds is 7. The molecule has 2 saturated heterocycles. The Morgan fingerprint density at radius 3 is 2.62 bits per heavy atom. The molecule has 2 aromatic rings. The summed E-state index contributed by atoms with van der Waals surface area (Å²) in [5, 5.41) is 9.05. The van der Waals surface area contributed by atoms with Crippen LogP contribution in [0, 0.1) is 0 Å². The lowest BCUT2D eigenvalue weighted by Gasteiger charge is -2.34. The van der Waals surface area contributed by atoms with Gasteiger partial charge >= 0.3 is 6.18 Å². The fourth-order valence-electron chi connectivity index (χ4n) is 4.47. The summed E-state index contributed by atoms with van der Waals surface area (Å²) in [6.45, 7) is 0.528. The molecule has 3 heterocycles. The Kier molecular flexibility index (Phi) is 6.60. The molecule has 3 amide bonds. The van der Waals surface area contributed by atoms with Crippen molar-refractivity contribution in [3.8, 4) is 5.69 Å². The predicted octanol–water partition coefficient (Wildman–Crippen LogP) is 1.22. The first-order chi connectivity index (χ1) is 16.2. The van der Waals surface area contributed by atoms with Gasteiger partial charge in [-0.15, -0.1) is 0 Å². The van der Waals surface area contributed by atoms with Crippen molar-refractivity contribution < 1.29 is 27.6 Å². The summed E-state index contributed by atoms with van der Waals surface area (Å²) in [7, 11) is 0. The van der Waals surface area contributed by atoms with Crippen molar-refractivity contribution >= 4 is 17.7 Å². The molecule has 2 aliphatic heterocycles. The van der Waals surface area contributed by atoms with Crippen LogP contribution in [0.1, 0.15) is 41.7 Å². The van der Waals surface area contributed by atoms with Gasteiger partial charge in [0.05, 0.1) is 17.4 Å². The molecule has 12 heteroatoms. The zero-order valence-electron chi connectivity index (χ0n) is 18.2. The molecule has 1 aromatic carbocycles. The van der Waals surface area contributed by atoms with E-state index in [0.717, 1.165) is 12.6 Å². The third-order valence-electron chi connectivity index (χ3n) is 6.07. The zero-order chi connectivity index (χ0) is 24.5.